The monoisotopic (exact) mass is 331 g/mol. The molecule has 0 unspecified atom stereocenters. The van der Waals surface area contributed by atoms with E-state index in [1.807, 2.05) is 0 Å². The molecule has 0 aromatic rings. The van der Waals surface area contributed by atoms with Gasteiger partial charge in [-0.1, -0.05) is 5.16 Å². The molecular weight excluding hydrogens is 317 g/mol. The van der Waals surface area contributed by atoms with Gasteiger partial charge in [0.2, 0.25) is 5.91 Å². The van der Waals surface area contributed by atoms with Crippen LogP contribution in [-0.2, 0) is 19.2 Å². The van der Waals surface area contributed by atoms with E-state index in [4.69, 9.17) is 10.6 Å². The van der Waals surface area contributed by atoms with Crippen LogP contribution in [0.4, 0.5) is 0 Å². The fourth-order valence-corrected chi connectivity index (χ4v) is 3.29. The zero-order valence-electron chi connectivity index (χ0n) is 12.7. The van der Waals surface area contributed by atoms with E-state index in [1.54, 1.807) is 0 Å². The van der Waals surface area contributed by atoms with E-state index in [-0.39, 0.29) is 53.8 Å². The first-order valence-corrected chi connectivity index (χ1v) is 6.81. The Hall–Kier alpha value is -1.42. The van der Waals surface area contributed by atoms with Crippen molar-refractivity contribution in [3.8, 4) is 0 Å². The van der Waals surface area contributed by atoms with E-state index in [2.05, 4.69) is 5.16 Å². The Bertz CT molecular complexity index is 644. The number of fused-ring (bicyclic) bond motifs is 1. The van der Waals surface area contributed by atoms with Crippen LogP contribution in [0.1, 0.15) is 19.8 Å². The Balaban J connectivity index is 0.00000192. The predicted octanol–water partition coefficient (Wildman–Crippen LogP) is -5.76. The van der Waals surface area contributed by atoms with Gasteiger partial charge >= 0.3 is 29.6 Å². The number of hydrogen-bond donors (Lipinski definition) is 2. The van der Waals surface area contributed by atoms with Gasteiger partial charge in [-0.05, 0) is 13.3 Å². The predicted molar refractivity (Wildman–Crippen MR) is 68.6 cm³/mol. The maximum atomic E-state index is 12.0. The fourth-order valence-electron chi connectivity index (χ4n) is 3.29. The van der Waals surface area contributed by atoms with Crippen molar-refractivity contribution in [1.82, 2.24) is 4.90 Å². The molecule has 3 rings (SSSR count). The molecule has 1 fully saturated rings. The van der Waals surface area contributed by atoms with Gasteiger partial charge in [0.05, 0.1) is 29.7 Å². The summed E-state index contributed by atoms with van der Waals surface area (Å²) in [5.41, 5.74) is 5.21. The molecule has 118 valence electrons. The van der Waals surface area contributed by atoms with Crippen molar-refractivity contribution < 1.29 is 59.0 Å². The number of carbonyl (C=O) groups is 3. The van der Waals surface area contributed by atoms with Crippen molar-refractivity contribution in [3.05, 3.63) is 11.3 Å². The van der Waals surface area contributed by atoms with E-state index in [0.29, 0.717) is 5.57 Å². The second-order valence-corrected chi connectivity index (χ2v) is 5.61. The first-order valence-electron chi connectivity index (χ1n) is 6.81. The molecule has 3 aliphatic heterocycles. The van der Waals surface area contributed by atoms with Gasteiger partial charge in [0.25, 0.3) is 5.91 Å². The molecule has 3 heterocycles. The van der Waals surface area contributed by atoms with E-state index in [1.165, 1.54) is 6.92 Å². The Kier molecular flexibility index (Phi) is 4.86. The van der Waals surface area contributed by atoms with Crippen LogP contribution < -0.4 is 40.4 Å². The van der Waals surface area contributed by atoms with Crippen molar-refractivity contribution in [2.24, 2.45) is 16.8 Å². The number of hydrogen-bond acceptors (Lipinski definition) is 7. The van der Waals surface area contributed by atoms with Crippen LogP contribution in [0.25, 0.3) is 0 Å². The van der Waals surface area contributed by atoms with Crippen LogP contribution in [0.5, 0.6) is 0 Å². The number of rotatable bonds is 4. The number of carboxylic acids is 1. The summed E-state index contributed by atoms with van der Waals surface area (Å²) in [5.74, 6) is -3.34. The fraction of sp³-hybridized carbons (Fsp3) is 0.538. The molecule has 0 spiro atoms. The van der Waals surface area contributed by atoms with Gasteiger partial charge in [-0.25, -0.2) is 0 Å². The largest absolute Gasteiger partial charge is 1.00 e. The van der Waals surface area contributed by atoms with Crippen LogP contribution in [0.3, 0.4) is 0 Å². The third-order valence-electron chi connectivity index (χ3n) is 4.30. The van der Waals surface area contributed by atoms with Gasteiger partial charge in [-0.2, -0.15) is 0 Å². The first kappa shape index (κ1) is 17.9. The Morgan fingerprint density at radius 2 is 2.13 bits per heavy atom. The van der Waals surface area contributed by atoms with Gasteiger partial charge in [-0.3, -0.25) is 9.59 Å². The molecule has 9 nitrogen and oxygen atoms in total. The average molecular weight is 331 g/mol. The van der Waals surface area contributed by atoms with Crippen LogP contribution in [-0.4, -0.2) is 51.8 Å². The summed E-state index contributed by atoms with van der Waals surface area (Å²) in [6.07, 6.45) is -1.35. The second kappa shape index (κ2) is 6.23. The number of nitrogens with two attached hydrogens (primary N) is 1. The number of β-lactam (4-membered cyclic amide) rings is 1. The van der Waals surface area contributed by atoms with Crippen LogP contribution >= 0.6 is 0 Å². The summed E-state index contributed by atoms with van der Waals surface area (Å²) in [4.78, 5) is 40.7. The number of aliphatic hydroxyl groups is 1. The topological polar surface area (TPSA) is 145 Å². The van der Waals surface area contributed by atoms with Gasteiger partial charge in [-0.15, -0.1) is 0 Å². The number of oxime groups is 1. The van der Waals surface area contributed by atoms with Gasteiger partial charge in [0.1, 0.15) is 5.71 Å². The summed E-state index contributed by atoms with van der Waals surface area (Å²) in [7, 11) is 0. The maximum Gasteiger partial charge on any atom is 1.00 e. The Morgan fingerprint density at radius 3 is 2.61 bits per heavy atom. The number of nitrogens with zero attached hydrogens (tertiary/aromatic N) is 2. The smallest absolute Gasteiger partial charge is 0.543 e. The molecule has 10 heteroatoms. The standard InChI is InChI=1S/C13H15N3O6.Na/c1-4(17)9-7-2-5(8-3-6(11(14)18)15-22-8)10(13(20)21)16(7)12(9)19;/h4,7-9,17H,2-3H2,1H3,(H2,14,18)(H,20,21);/q;+1/p-1/t4-,7-,8+,9-;/m1./s1. The zero-order valence-corrected chi connectivity index (χ0v) is 14.7. The Morgan fingerprint density at radius 1 is 1.48 bits per heavy atom. The molecule has 23 heavy (non-hydrogen) atoms. The van der Waals surface area contributed by atoms with Gasteiger partial charge < -0.3 is 30.5 Å². The average Bonchev–Trinajstić information content (AvgIpc) is 2.99. The molecule has 1 saturated heterocycles. The van der Waals surface area contributed by atoms with Gasteiger partial charge in [0, 0.05) is 12.0 Å². The van der Waals surface area contributed by atoms with E-state index >= 15 is 0 Å². The molecule has 2 amide bonds. The molecule has 0 bridgehead atoms. The summed E-state index contributed by atoms with van der Waals surface area (Å²) >= 11 is 0. The summed E-state index contributed by atoms with van der Waals surface area (Å²) in [6.45, 7) is 1.48. The number of primary amides is 1. The van der Waals surface area contributed by atoms with Crippen LogP contribution in [0, 0.1) is 5.92 Å². The molecule has 0 aromatic carbocycles. The molecule has 4 atom stereocenters. The molecule has 0 saturated carbocycles. The van der Waals surface area contributed by atoms with Crippen molar-refractivity contribution >= 4 is 23.5 Å². The van der Waals surface area contributed by atoms with Crippen LogP contribution in [0.15, 0.2) is 16.4 Å². The van der Waals surface area contributed by atoms with E-state index in [0.717, 1.165) is 4.90 Å². The number of amides is 2. The third-order valence-corrected chi connectivity index (χ3v) is 4.30. The number of carbonyl (C=O) groups excluding carboxylic acids is 3. The van der Waals surface area contributed by atoms with Crippen molar-refractivity contribution in [2.45, 2.75) is 38.0 Å². The number of carboxylic acid groups (broad SMARTS) is 1. The van der Waals surface area contributed by atoms with Gasteiger partial charge in [0.15, 0.2) is 6.10 Å². The summed E-state index contributed by atoms with van der Waals surface area (Å²) < 4.78 is 0. The van der Waals surface area contributed by atoms with Crippen molar-refractivity contribution in [2.75, 3.05) is 0 Å². The third kappa shape index (κ3) is 2.67. The Labute approximate surface area is 153 Å². The van der Waals surface area contributed by atoms with E-state index < -0.39 is 42.0 Å². The van der Waals surface area contributed by atoms with Crippen molar-refractivity contribution in [1.29, 1.82) is 0 Å². The molecule has 0 aromatic heterocycles. The zero-order chi connectivity index (χ0) is 16.2. The SMILES string of the molecule is C[C@@H](O)[C@H]1C(=O)N2C(C(=O)[O-])=C([C@@H]3CC(C(N)=O)=NO3)C[C@H]12.[Na+]. The summed E-state index contributed by atoms with van der Waals surface area (Å²) in [5, 5.41) is 24.6. The maximum absolute atomic E-state index is 12.0. The molecule has 3 aliphatic rings. The summed E-state index contributed by atoms with van der Waals surface area (Å²) in [6, 6.07) is -0.434. The molecule has 0 aliphatic carbocycles. The molecular formula is C13H14N3NaO6. The number of aliphatic carboxylic acids is 1. The number of aliphatic hydroxyl groups excluding tert-OH is 1. The minimum Gasteiger partial charge on any atom is -0.543 e. The van der Waals surface area contributed by atoms with Crippen LogP contribution in [0.2, 0.25) is 0 Å². The quantitative estimate of drug-likeness (QED) is 0.388. The molecule has 3 N–H and O–H groups in total. The van der Waals surface area contributed by atoms with E-state index in [9.17, 15) is 24.6 Å². The van der Waals surface area contributed by atoms with Crippen molar-refractivity contribution in [3.63, 3.8) is 0 Å². The minimum atomic E-state index is -1.49. The normalized spacial score (nSPS) is 30.0. The second-order valence-electron chi connectivity index (χ2n) is 5.61. The minimum absolute atomic E-state index is 0. The molecule has 0 radical (unpaired) electrons. The first-order chi connectivity index (χ1) is 10.3.